The van der Waals surface area contributed by atoms with E-state index in [9.17, 15) is 14.0 Å². The van der Waals surface area contributed by atoms with Gasteiger partial charge in [-0.1, -0.05) is 6.07 Å². The lowest BCUT2D eigenvalue weighted by Crippen LogP contribution is -2.47. The van der Waals surface area contributed by atoms with Crippen molar-refractivity contribution in [2.45, 2.75) is 24.4 Å². The Morgan fingerprint density at radius 1 is 1.15 bits per heavy atom. The van der Waals surface area contributed by atoms with Crippen molar-refractivity contribution in [1.82, 2.24) is 10.6 Å². The third kappa shape index (κ3) is 5.37. The largest absolute Gasteiger partial charge is 0.454 e. The van der Waals surface area contributed by atoms with E-state index in [-0.39, 0.29) is 24.4 Å². The van der Waals surface area contributed by atoms with E-state index in [2.05, 4.69) is 10.6 Å². The zero-order valence-corrected chi connectivity index (χ0v) is 15.5. The Labute approximate surface area is 160 Å². The van der Waals surface area contributed by atoms with Crippen LogP contribution in [0.3, 0.4) is 0 Å². The van der Waals surface area contributed by atoms with Crippen LogP contribution in [0.5, 0.6) is 11.5 Å². The van der Waals surface area contributed by atoms with Crippen LogP contribution in [0.1, 0.15) is 12.5 Å². The van der Waals surface area contributed by atoms with E-state index in [1.807, 2.05) is 12.1 Å². The van der Waals surface area contributed by atoms with Crippen LogP contribution in [0, 0.1) is 5.82 Å². The van der Waals surface area contributed by atoms with E-state index >= 15 is 0 Å². The van der Waals surface area contributed by atoms with Crippen LogP contribution < -0.4 is 20.1 Å². The third-order valence-electron chi connectivity index (χ3n) is 3.83. The van der Waals surface area contributed by atoms with Gasteiger partial charge in [0.15, 0.2) is 11.5 Å². The maximum Gasteiger partial charge on any atom is 0.243 e. The summed E-state index contributed by atoms with van der Waals surface area (Å²) in [6.07, 6.45) is 0. The van der Waals surface area contributed by atoms with Gasteiger partial charge in [0, 0.05) is 24.1 Å². The molecule has 0 saturated heterocycles. The molecule has 2 aromatic carbocycles. The number of rotatable bonds is 7. The predicted molar refractivity (Wildman–Crippen MR) is 99.1 cm³/mol. The molecule has 0 aromatic heterocycles. The van der Waals surface area contributed by atoms with E-state index in [1.165, 1.54) is 30.8 Å². The van der Waals surface area contributed by atoms with Gasteiger partial charge < -0.3 is 20.1 Å². The SMILES string of the molecule is CC(=O)NC(CSc1ccc(F)cc1)C(=O)NCc1ccc2c(c1)OCO2. The molecule has 1 atom stereocenters. The van der Waals surface area contributed by atoms with Crippen molar-refractivity contribution in [2.75, 3.05) is 12.5 Å². The molecule has 1 aliphatic heterocycles. The number of amides is 2. The Kier molecular flexibility index (Phi) is 6.18. The highest BCUT2D eigenvalue weighted by Gasteiger charge is 2.20. The van der Waals surface area contributed by atoms with Gasteiger partial charge in [-0.05, 0) is 42.0 Å². The Balaban J connectivity index is 1.57. The average molecular weight is 390 g/mol. The van der Waals surface area contributed by atoms with Crippen LogP contribution in [0.15, 0.2) is 47.4 Å². The number of carbonyl (C=O) groups is 2. The first-order chi connectivity index (χ1) is 13.0. The maximum atomic E-state index is 13.0. The van der Waals surface area contributed by atoms with Gasteiger partial charge in [0.1, 0.15) is 11.9 Å². The van der Waals surface area contributed by atoms with Crippen LogP contribution in [0.2, 0.25) is 0 Å². The highest BCUT2D eigenvalue weighted by atomic mass is 32.2. The lowest BCUT2D eigenvalue weighted by atomic mass is 10.2. The summed E-state index contributed by atoms with van der Waals surface area (Å²) >= 11 is 1.37. The standard InChI is InChI=1S/C19H19FN2O4S/c1-12(23)22-16(10-27-15-5-3-14(20)4-6-15)19(24)21-9-13-2-7-17-18(8-13)26-11-25-17/h2-8,16H,9-11H2,1H3,(H,21,24)(H,22,23). The number of fused-ring (bicyclic) bond motifs is 1. The van der Waals surface area contributed by atoms with E-state index in [4.69, 9.17) is 9.47 Å². The fourth-order valence-corrected chi connectivity index (χ4v) is 3.42. The second-order valence-corrected chi connectivity index (χ2v) is 7.02. The van der Waals surface area contributed by atoms with Crippen LogP contribution in [-0.2, 0) is 16.1 Å². The van der Waals surface area contributed by atoms with Crippen molar-refractivity contribution in [3.63, 3.8) is 0 Å². The van der Waals surface area contributed by atoms with Gasteiger partial charge in [-0.15, -0.1) is 11.8 Å². The van der Waals surface area contributed by atoms with Gasteiger partial charge in [-0.25, -0.2) is 4.39 Å². The molecule has 27 heavy (non-hydrogen) atoms. The number of thioether (sulfide) groups is 1. The van der Waals surface area contributed by atoms with Gasteiger partial charge >= 0.3 is 0 Å². The highest BCUT2D eigenvalue weighted by molar-refractivity contribution is 7.99. The first-order valence-corrected chi connectivity index (χ1v) is 9.31. The Morgan fingerprint density at radius 2 is 1.89 bits per heavy atom. The van der Waals surface area contributed by atoms with Crippen molar-refractivity contribution in [2.24, 2.45) is 0 Å². The minimum atomic E-state index is -0.702. The number of benzene rings is 2. The van der Waals surface area contributed by atoms with Crippen molar-refractivity contribution in [3.8, 4) is 11.5 Å². The minimum Gasteiger partial charge on any atom is -0.454 e. The Morgan fingerprint density at radius 3 is 2.63 bits per heavy atom. The fourth-order valence-electron chi connectivity index (χ4n) is 2.50. The van der Waals surface area contributed by atoms with Gasteiger partial charge in [0.05, 0.1) is 0 Å². The first-order valence-electron chi connectivity index (χ1n) is 8.33. The predicted octanol–water partition coefficient (Wildman–Crippen LogP) is 2.47. The molecule has 1 heterocycles. The monoisotopic (exact) mass is 390 g/mol. The number of carbonyl (C=O) groups excluding carboxylic acids is 2. The molecule has 8 heteroatoms. The molecule has 2 amide bonds. The van der Waals surface area contributed by atoms with Gasteiger partial charge in [0.25, 0.3) is 0 Å². The molecule has 0 spiro atoms. The molecule has 0 fully saturated rings. The number of halogens is 1. The normalized spacial score (nSPS) is 13.1. The van der Waals surface area contributed by atoms with Gasteiger partial charge in [0.2, 0.25) is 18.6 Å². The van der Waals surface area contributed by atoms with E-state index in [0.29, 0.717) is 23.8 Å². The smallest absolute Gasteiger partial charge is 0.243 e. The number of hydrogen-bond donors (Lipinski definition) is 2. The molecular formula is C19H19FN2O4S. The molecule has 2 aromatic rings. The fraction of sp³-hybridized carbons (Fsp3) is 0.263. The Hall–Kier alpha value is -2.74. The summed E-state index contributed by atoms with van der Waals surface area (Å²) in [4.78, 5) is 24.8. The third-order valence-corrected chi connectivity index (χ3v) is 4.93. The summed E-state index contributed by atoms with van der Waals surface area (Å²) < 4.78 is 23.6. The zero-order valence-electron chi connectivity index (χ0n) is 14.7. The lowest BCUT2D eigenvalue weighted by Gasteiger charge is -2.17. The summed E-state index contributed by atoms with van der Waals surface area (Å²) in [6, 6.07) is 10.7. The second-order valence-electron chi connectivity index (χ2n) is 5.92. The van der Waals surface area contributed by atoms with Crippen LogP contribution in [-0.4, -0.2) is 30.4 Å². The zero-order chi connectivity index (χ0) is 19.2. The molecule has 0 saturated carbocycles. The number of nitrogens with one attached hydrogen (secondary N) is 2. The topological polar surface area (TPSA) is 76.7 Å². The van der Waals surface area contributed by atoms with E-state index < -0.39 is 6.04 Å². The van der Waals surface area contributed by atoms with E-state index in [0.717, 1.165) is 10.5 Å². The van der Waals surface area contributed by atoms with Crippen molar-refractivity contribution >= 4 is 23.6 Å². The summed E-state index contributed by atoms with van der Waals surface area (Å²) in [5.74, 6) is 0.747. The molecule has 1 aliphatic rings. The van der Waals surface area contributed by atoms with Gasteiger partial charge in [-0.2, -0.15) is 0 Å². The van der Waals surface area contributed by atoms with Crippen molar-refractivity contribution in [3.05, 3.63) is 53.8 Å². The van der Waals surface area contributed by atoms with E-state index in [1.54, 1.807) is 18.2 Å². The van der Waals surface area contributed by atoms with Crippen LogP contribution in [0.4, 0.5) is 4.39 Å². The molecule has 1 unspecified atom stereocenters. The van der Waals surface area contributed by atoms with Gasteiger partial charge in [-0.3, -0.25) is 9.59 Å². The Bertz CT molecular complexity index is 829. The molecule has 0 aliphatic carbocycles. The molecular weight excluding hydrogens is 371 g/mol. The lowest BCUT2D eigenvalue weighted by molar-refractivity contribution is -0.127. The number of ether oxygens (including phenoxy) is 2. The summed E-state index contributed by atoms with van der Waals surface area (Å²) in [5.41, 5.74) is 0.861. The summed E-state index contributed by atoms with van der Waals surface area (Å²) in [5, 5.41) is 5.47. The summed E-state index contributed by atoms with van der Waals surface area (Å²) in [7, 11) is 0. The quantitative estimate of drug-likeness (QED) is 0.711. The number of hydrogen-bond acceptors (Lipinski definition) is 5. The molecule has 3 rings (SSSR count). The molecule has 0 bridgehead atoms. The van der Waals surface area contributed by atoms with Crippen LogP contribution >= 0.6 is 11.8 Å². The summed E-state index contributed by atoms with van der Waals surface area (Å²) in [6.45, 7) is 1.85. The average Bonchev–Trinajstić information content (AvgIpc) is 3.12. The molecule has 2 N–H and O–H groups in total. The molecule has 6 nitrogen and oxygen atoms in total. The highest BCUT2D eigenvalue weighted by Crippen LogP contribution is 2.32. The molecule has 142 valence electrons. The minimum absolute atomic E-state index is 0.191. The van der Waals surface area contributed by atoms with Crippen molar-refractivity contribution in [1.29, 1.82) is 0 Å². The first kappa shape index (κ1) is 19.0. The van der Waals surface area contributed by atoms with Crippen LogP contribution in [0.25, 0.3) is 0 Å². The maximum absolute atomic E-state index is 13.0. The molecule has 0 radical (unpaired) electrons. The van der Waals surface area contributed by atoms with Crippen molar-refractivity contribution < 1.29 is 23.5 Å². The second kappa shape index (κ2) is 8.77.